The Morgan fingerprint density at radius 2 is 2.19 bits per heavy atom. The average Bonchev–Trinajstić information content (AvgIpc) is 3.01. The normalized spacial score (nSPS) is 13.0. The number of halogens is 2. The number of furan rings is 1. The van der Waals surface area contributed by atoms with Gasteiger partial charge in [0.05, 0.1) is 6.04 Å². The van der Waals surface area contributed by atoms with E-state index in [-0.39, 0.29) is 11.9 Å². The molecule has 0 radical (unpaired) electrons. The van der Waals surface area contributed by atoms with Crippen LogP contribution in [0.3, 0.4) is 0 Å². The van der Waals surface area contributed by atoms with E-state index in [1.54, 1.807) is 17.4 Å². The van der Waals surface area contributed by atoms with Gasteiger partial charge in [-0.2, -0.15) is 0 Å². The van der Waals surface area contributed by atoms with E-state index in [0.29, 0.717) is 0 Å². The van der Waals surface area contributed by atoms with E-state index in [1.165, 1.54) is 17.0 Å². The third-order valence-corrected chi connectivity index (χ3v) is 5.63. The fourth-order valence-corrected chi connectivity index (χ4v) is 4.09. The molecule has 0 aliphatic heterocycles. The maximum atomic E-state index is 13.4. The predicted molar refractivity (Wildman–Crippen MR) is 88.4 cm³/mol. The van der Waals surface area contributed by atoms with Crippen molar-refractivity contribution in [3.8, 4) is 0 Å². The summed E-state index contributed by atoms with van der Waals surface area (Å²) in [5.41, 5.74) is 1.73. The lowest BCUT2D eigenvalue weighted by molar-refractivity contribution is 0.449. The molecule has 0 bridgehead atoms. The molecule has 21 heavy (non-hydrogen) atoms. The first-order valence-electron chi connectivity index (χ1n) is 6.68. The van der Waals surface area contributed by atoms with Crippen molar-refractivity contribution in [3.05, 3.63) is 56.1 Å². The summed E-state index contributed by atoms with van der Waals surface area (Å²) < 4.78 is 20.5. The number of thiophene rings is 1. The Morgan fingerprint density at radius 1 is 1.38 bits per heavy atom. The van der Waals surface area contributed by atoms with Crippen LogP contribution in [-0.2, 0) is 6.42 Å². The lowest BCUT2D eigenvalue weighted by Crippen LogP contribution is -2.18. The van der Waals surface area contributed by atoms with E-state index in [0.717, 1.165) is 33.2 Å². The highest BCUT2D eigenvalue weighted by Gasteiger charge is 2.21. The molecule has 2 nitrogen and oxygen atoms in total. The Labute approximate surface area is 135 Å². The maximum absolute atomic E-state index is 13.4. The summed E-state index contributed by atoms with van der Waals surface area (Å²) in [5, 5.41) is 6.20. The van der Waals surface area contributed by atoms with Crippen molar-refractivity contribution < 1.29 is 8.81 Å². The summed E-state index contributed by atoms with van der Waals surface area (Å²) in [6, 6.07) is 6.77. The number of likely N-dealkylation sites (N-methyl/N-ethyl adjacent to an activating group) is 1. The molecule has 0 saturated heterocycles. The van der Waals surface area contributed by atoms with Gasteiger partial charge < -0.3 is 9.73 Å². The third kappa shape index (κ3) is 2.78. The van der Waals surface area contributed by atoms with Crippen LogP contribution < -0.4 is 5.32 Å². The molecule has 1 atom stereocenters. The summed E-state index contributed by atoms with van der Waals surface area (Å²) >= 11 is 5.28. The molecule has 2 aromatic heterocycles. The molecular formula is C16H15BrFNOS. The van der Waals surface area contributed by atoms with E-state index in [4.69, 9.17) is 4.42 Å². The van der Waals surface area contributed by atoms with E-state index < -0.39 is 0 Å². The Morgan fingerprint density at radius 3 is 2.86 bits per heavy atom. The Bertz CT molecular complexity index is 780. The van der Waals surface area contributed by atoms with Gasteiger partial charge in [0.25, 0.3) is 0 Å². The van der Waals surface area contributed by atoms with E-state index in [9.17, 15) is 4.39 Å². The van der Waals surface area contributed by atoms with Crippen LogP contribution in [0.1, 0.15) is 22.2 Å². The zero-order valence-electron chi connectivity index (χ0n) is 11.7. The minimum atomic E-state index is -0.236. The topological polar surface area (TPSA) is 25.2 Å². The smallest absolute Gasteiger partial charge is 0.134 e. The quantitative estimate of drug-likeness (QED) is 0.684. The summed E-state index contributed by atoms with van der Waals surface area (Å²) in [5.74, 6) is 0.637. The van der Waals surface area contributed by atoms with Gasteiger partial charge in [-0.25, -0.2) is 4.39 Å². The van der Waals surface area contributed by atoms with Crippen LogP contribution in [0.25, 0.3) is 11.0 Å². The van der Waals surface area contributed by atoms with Crippen LogP contribution in [0.2, 0.25) is 0 Å². The molecule has 5 heteroatoms. The highest BCUT2D eigenvalue weighted by molar-refractivity contribution is 9.10. The first-order valence-corrected chi connectivity index (χ1v) is 8.35. The lowest BCUT2D eigenvalue weighted by Gasteiger charge is -2.14. The number of nitrogens with one attached hydrogen (secondary N) is 1. The molecular weight excluding hydrogens is 353 g/mol. The van der Waals surface area contributed by atoms with Crippen LogP contribution in [0, 0.1) is 12.7 Å². The second-order valence-electron chi connectivity index (χ2n) is 4.97. The van der Waals surface area contributed by atoms with Gasteiger partial charge >= 0.3 is 0 Å². The van der Waals surface area contributed by atoms with Crippen LogP contribution in [0.5, 0.6) is 0 Å². The lowest BCUT2D eigenvalue weighted by atomic mass is 10.0. The van der Waals surface area contributed by atoms with Gasteiger partial charge in [-0.05, 0) is 59.5 Å². The highest BCUT2D eigenvalue weighted by atomic mass is 79.9. The van der Waals surface area contributed by atoms with Crippen LogP contribution in [0.15, 0.2) is 38.5 Å². The number of benzene rings is 1. The van der Waals surface area contributed by atoms with Gasteiger partial charge in [0.2, 0.25) is 0 Å². The second kappa shape index (κ2) is 5.91. The van der Waals surface area contributed by atoms with E-state index >= 15 is 0 Å². The number of fused-ring (bicyclic) bond motifs is 1. The van der Waals surface area contributed by atoms with Crippen molar-refractivity contribution >= 4 is 38.2 Å². The van der Waals surface area contributed by atoms with Crippen molar-refractivity contribution in [2.75, 3.05) is 7.05 Å². The van der Waals surface area contributed by atoms with E-state index in [2.05, 4.69) is 26.6 Å². The molecule has 3 aromatic rings. The Hall–Kier alpha value is -1.17. The summed E-state index contributed by atoms with van der Waals surface area (Å²) in [6.07, 6.45) is 0.831. The number of hydrogen-bond donors (Lipinski definition) is 1. The fraction of sp³-hybridized carbons (Fsp3) is 0.250. The summed E-state index contributed by atoms with van der Waals surface area (Å²) in [4.78, 5) is 1.26. The van der Waals surface area contributed by atoms with Crippen LogP contribution in [0.4, 0.5) is 4.39 Å². The largest absolute Gasteiger partial charge is 0.459 e. The first kappa shape index (κ1) is 14.8. The minimum Gasteiger partial charge on any atom is -0.459 e. The molecule has 0 aliphatic carbocycles. The molecule has 0 amide bonds. The molecule has 110 valence electrons. The zero-order valence-corrected chi connectivity index (χ0v) is 14.1. The van der Waals surface area contributed by atoms with Gasteiger partial charge in [-0.1, -0.05) is 0 Å². The first-order chi connectivity index (χ1) is 10.1. The van der Waals surface area contributed by atoms with E-state index in [1.807, 2.05) is 20.0 Å². The average molecular weight is 368 g/mol. The number of rotatable bonds is 4. The number of hydrogen-bond acceptors (Lipinski definition) is 3. The van der Waals surface area contributed by atoms with Gasteiger partial charge in [0.15, 0.2) is 0 Å². The van der Waals surface area contributed by atoms with Crippen LogP contribution in [-0.4, -0.2) is 7.05 Å². The molecule has 2 heterocycles. The Kier molecular flexibility index (Phi) is 4.15. The maximum Gasteiger partial charge on any atom is 0.134 e. The fourth-order valence-electron chi connectivity index (χ4n) is 2.53. The van der Waals surface area contributed by atoms with Crippen molar-refractivity contribution in [3.63, 3.8) is 0 Å². The van der Waals surface area contributed by atoms with Gasteiger partial charge in [0, 0.05) is 26.7 Å². The van der Waals surface area contributed by atoms with Crippen molar-refractivity contribution in [1.82, 2.24) is 5.32 Å². The summed E-state index contributed by atoms with van der Waals surface area (Å²) in [6.45, 7) is 1.98. The molecule has 1 aromatic carbocycles. The molecule has 0 spiro atoms. The van der Waals surface area contributed by atoms with Crippen molar-refractivity contribution in [1.29, 1.82) is 0 Å². The second-order valence-corrected chi connectivity index (χ2v) is 6.82. The van der Waals surface area contributed by atoms with Gasteiger partial charge in [-0.3, -0.25) is 0 Å². The zero-order chi connectivity index (χ0) is 15.0. The van der Waals surface area contributed by atoms with Gasteiger partial charge in [0.1, 0.15) is 17.2 Å². The molecule has 3 rings (SSSR count). The minimum absolute atomic E-state index is 0.0652. The molecule has 0 saturated carbocycles. The van der Waals surface area contributed by atoms with Crippen LogP contribution >= 0.6 is 27.3 Å². The third-order valence-electron chi connectivity index (χ3n) is 3.68. The molecule has 0 fully saturated rings. The van der Waals surface area contributed by atoms with Crippen molar-refractivity contribution in [2.45, 2.75) is 19.4 Å². The Balaban J connectivity index is 2.01. The molecule has 1 N–H and O–H groups in total. The molecule has 0 aliphatic rings. The highest BCUT2D eigenvalue weighted by Crippen LogP contribution is 2.34. The number of aryl methyl sites for hydroxylation is 1. The molecule has 1 unspecified atom stereocenters. The summed E-state index contributed by atoms with van der Waals surface area (Å²) in [7, 11) is 1.92. The standard InChI is InChI=1S/C16H15BrFNOS/c1-9-11-7-10(18)3-4-14(11)20-16(9)13(19-2)8-15-12(17)5-6-21-15/h3-7,13,19H,8H2,1-2H3. The SMILES string of the molecule is CNC(Cc1sccc1Br)c1oc2ccc(F)cc2c1C. The van der Waals surface area contributed by atoms with Crippen molar-refractivity contribution in [2.24, 2.45) is 0 Å². The predicted octanol–water partition coefficient (Wildman–Crippen LogP) is 5.21. The monoisotopic (exact) mass is 367 g/mol. The van der Waals surface area contributed by atoms with Gasteiger partial charge in [-0.15, -0.1) is 11.3 Å².